The van der Waals surface area contributed by atoms with Crippen molar-refractivity contribution in [1.29, 1.82) is 0 Å². The van der Waals surface area contributed by atoms with Crippen LogP contribution in [0.15, 0.2) is 23.1 Å². The molecule has 0 saturated heterocycles. The molecule has 0 radical (unpaired) electrons. The Hall–Kier alpha value is -1.58. The zero-order valence-electron chi connectivity index (χ0n) is 8.99. The van der Waals surface area contributed by atoms with Gasteiger partial charge in [0.1, 0.15) is 15.9 Å². The normalized spacial score (nSPS) is 11.8. The molecule has 0 aliphatic rings. The van der Waals surface area contributed by atoms with E-state index in [1.54, 1.807) is 12.1 Å². The second kappa shape index (κ2) is 4.96. The average Bonchev–Trinajstić information content (AvgIpc) is 2.75. The molecule has 0 saturated carbocycles. The molecule has 0 spiro atoms. The first kappa shape index (κ1) is 12.9. The summed E-state index contributed by atoms with van der Waals surface area (Å²) < 4.78 is 33.9. The van der Waals surface area contributed by atoms with E-state index in [4.69, 9.17) is 0 Å². The van der Waals surface area contributed by atoms with Gasteiger partial charge < -0.3 is 9.90 Å². The lowest BCUT2D eigenvalue weighted by Crippen LogP contribution is -2.31. The number of aromatic nitrogens is 2. The number of hydrogen-bond donors (Lipinski definition) is 1. The van der Waals surface area contributed by atoms with Crippen molar-refractivity contribution in [3.8, 4) is 0 Å². The van der Waals surface area contributed by atoms with Gasteiger partial charge in [0.15, 0.2) is 0 Å². The van der Waals surface area contributed by atoms with Crippen LogP contribution in [0.25, 0.3) is 11.0 Å². The Kier molecular flexibility index (Phi) is 3.55. The Balaban J connectivity index is 2.29. The predicted octanol–water partition coefficient (Wildman–Crippen LogP) is -0.890. The molecule has 1 heterocycles. The first-order chi connectivity index (χ1) is 8.50. The van der Waals surface area contributed by atoms with E-state index in [9.17, 15) is 18.3 Å². The molecule has 2 rings (SSSR count). The van der Waals surface area contributed by atoms with Gasteiger partial charge in [-0.25, -0.2) is 13.1 Å². The van der Waals surface area contributed by atoms with Crippen LogP contribution in [0.1, 0.15) is 6.42 Å². The Morgan fingerprint density at radius 1 is 1.39 bits per heavy atom. The Morgan fingerprint density at radius 3 is 2.89 bits per heavy atom. The van der Waals surface area contributed by atoms with Crippen LogP contribution in [0.4, 0.5) is 0 Å². The number of benzene rings is 1. The van der Waals surface area contributed by atoms with Gasteiger partial charge in [-0.15, -0.1) is 0 Å². The molecule has 18 heavy (non-hydrogen) atoms. The Morgan fingerprint density at radius 2 is 2.17 bits per heavy atom. The third-order valence-corrected chi connectivity index (χ3v) is 4.19. The zero-order chi connectivity index (χ0) is 13.2. The second-order valence-electron chi connectivity index (χ2n) is 3.41. The van der Waals surface area contributed by atoms with Crippen molar-refractivity contribution >= 4 is 38.8 Å². The maximum Gasteiger partial charge on any atom is 0.242 e. The van der Waals surface area contributed by atoms with Crippen LogP contribution in [-0.4, -0.2) is 29.7 Å². The van der Waals surface area contributed by atoms with Crippen LogP contribution in [0.2, 0.25) is 0 Å². The smallest absolute Gasteiger partial charge is 0.242 e. The van der Waals surface area contributed by atoms with Crippen molar-refractivity contribution in [2.45, 2.75) is 11.3 Å². The largest absolute Gasteiger partial charge is 0.550 e. The molecule has 0 bridgehead atoms. The summed E-state index contributed by atoms with van der Waals surface area (Å²) in [5, 5.41) is 10.2. The molecule has 7 nitrogen and oxygen atoms in total. The molecule has 0 unspecified atom stereocenters. The van der Waals surface area contributed by atoms with E-state index in [0.29, 0.717) is 5.52 Å². The average molecular weight is 286 g/mol. The minimum atomic E-state index is -3.79. The quantitative estimate of drug-likeness (QED) is 0.763. The molecule has 0 amide bonds. The number of nitrogens with zero attached hydrogens (tertiary/aromatic N) is 2. The van der Waals surface area contributed by atoms with Crippen molar-refractivity contribution in [1.82, 2.24) is 13.5 Å². The lowest BCUT2D eigenvalue weighted by atomic mass is 10.3. The Labute approximate surface area is 107 Å². The molecule has 0 aliphatic carbocycles. The van der Waals surface area contributed by atoms with Gasteiger partial charge in [0.2, 0.25) is 10.0 Å². The molecular formula is C9H8N3O4S2-. The molecule has 2 aromatic rings. The standard InChI is InChI=1S/C9H9N3O4S2/c13-8(14)4-5-10-18(15,16)7-3-1-2-6-9(7)12-17-11-6/h1-3,10H,4-5H2,(H,13,14)/p-1. The summed E-state index contributed by atoms with van der Waals surface area (Å²) >= 11 is 0.916. The molecule has 96 valence electrons. The van der Waals surface area contributed by atoms with Crippen molar-refractivity contribution in [2.75, 3.05) is 6.54 Å². The summed E-state index contributed by atoms with van der Waals surface area (Å²) in [5.41, 5.74) is 0.770. The number of carboxylic acids is 1. The van der Waals surface area contributed by atoms with E-state index < -0.39 is 16.0 Å². The fraction of sp³-hybridized carbons (Fsp3) is 0.222. The number of carboxylic acid groups (broad SMARTS) is 1. The highest BCUT2D eigenvalue weighted by Crippen LogP contribution is 2.20. The number of nitrogens with one attached hydrogen (secondary N) is 1. The predicted molar refractivity (Wildman–Crippen MR) is 62.2 cm³/mol. The lowest BCUT2D eigenvalue weighted by Gasteiger charge is -2.07. The van der Waals surface area contributed by atoms with E-state index in [2.05, 4.69) is 13.5 Å². The van der Waals surface area contributed by atoms with Crippen LogP contribution in [0.5, 0.6) is 0 Å². The highest BCUT2D eigenvalue weighted by atomic mass is 32.2. The molecule has 1 aromatic heterocycles. The second-order valence-corrected chi connectivity index (χ2v) is 5.67. The van der Waals surface area contributed by atoms with Crippen LogP contribution in [0, 0.1) is 0 Å². The number of sulfonamides is 1. The minimum Gasteiger partial charge on any atom is -0.550 e. The fourth-order valence-corrected chi connectivity index (χ4v) is 3.16. The van der Waals surface area contributed by atoms with Crippen molar-refractivity contribution in [3.05, 3.63) is 18.2 Å². The first-order valence-corrected chi connectivity index (χ1v) is 7.13. The lowest BCUT2D eigenvalue weighted by molar-refractivity contribution is -0.305. The maximum atomic E-state index is 11.9. The summed E-state index contributed by atoms with van der Waals surface area (Å²) in [6.45, 7) is -0.224. The number of carbonyl (C=O) groups is 1. The van der Waals surface area contributed by atoms with Gasteiger partial charge in [-0.1, -0.05) is 6.07 Å². The topological polar surface area (TPSA) is 112 Å². The van der Waals surface area contributed by atoms with Gasteiger partial charge in [0.25, 0.3) is 0 Å². The fourth-order valence-electron chi connectivity index (χ4n) is 1.36. The first-order valence-electron chi connectivity index (χ1n) is 4.91. The summed E-state index contributed by atoms with van der Waals surface area (Å²) in [6, 6.07) is 4.60. The number of carbonyl (C=O) groups excluding carboxylic acids is 1. The monoisotopic (exact) mass is 286 g/mol. The van der Waals surface area contributed by atoms with Gasteiger partial charge in [-0.2, -0.15) is 8.75 Å². The summed E-state index contributed by atoms with van der Waals surface area (Å²) in [7, 11) is -3.79. The maximum absolute atomic E-state index is 11.9. The van der Waals surface area contributed by atoms with E-state index in [1.807, 2.05) is 0 Å². The van der Waals surface area contributed by atoms with Gasteiger partial charge in [0.05, 0.1) is 11.7 Å². The third kappa shape index (κ3) is 2.63. The highest BCUT2D eigenvalue weighted by molar-refractivity contribution is 7.89. The van der Waals surface area contributed by atoms with Crippen LogP contribution in [-0.2, 0) is 14.8 Å². The molecule has 0 fully saturated rings. The summed E-state index contributed by atoms with van der Waals surface area (Å²) in [6.07, 6.45) is -0.384. The van der Waals surface area contributed by atoms with Crippen molar-refractivity contribution in [3.63, 3.8) is 0 Å². The molecule has 1 N–H and O–H groups in total. The van der Waals surface area contributed by atoms with Crippen molar-refractivity contribution in [2.24, 2.45) is 0 Å². The molecule has 0 atom stereocenters. The van der Waals surface area contributed by atoms with Crippen molar-refractivity contribution < 1.29 is 18.3 Å². The van der Waals surface area contributed by atoms with Gasteiger partial charge in [-0.3, -0.25) is 0 Å². The van der Waals surface area contributed by atoms with E-state index in [-0.39, 0.29) is 23.4 Å². The van der Waals surface area contributed by atoms with Crippen LogP contribution < -0.4 is 9.83 Å². The minimum absolute atomic E-state index is 0.00732. The third-order valence-electron chi connectivity index (χ3n) is 2.16. The number of fused-ring (bicyclic) bond motifs is 1. The van der Waals surface area contributed by atoms with Gasteiger partial charge >= 0.3 is 0 Å². The number of rotatable bonds is 5. The zero-order valence-corrected chi connectivity index (χ0v) is 10.6. The van der Waals surface area contributed by atoms with Crippen LogP contribution in [0.3, 0.4) is 0 Å². The van der Waals surface area contributed by atoms with E-state index in [0.717, 1.165) is 11.7 Å². The molecule has 0 aliphatic heterocycles. The number of aliphatic carboxylic acids is 1. The SMILES string of the molecule is O=C([O-])CCNS(=O)(=O)c1cccc2nsnc12. The van der Waals surface area contributed by atoms with Gasteiger partial charge in [-0.05, 0) is 12.1 Å². The molecule has 9 heteroatoms. The van der Waals surface area contributed by atoms with E-state index >= 15 is 0 Å². The Bertz CT molecular complexity index is 680. The summed E-state index contributed by atoms with van der Waals surface area (Å²) in [5.74, 6) is -1.31. The number of hydrogen-bond acceptors (Lipinski definition) is 7. The van der Waals surface area contributed by atoms with Crippen LogP contribution >= 0.6 is 11.7 Å². The summed E-state index contributed by atoms with van der Waals surface area (Å²) in [4.78, 5) is 10.2. The highest BCUT2D eigenvalue weighted by Gasteiger charge is 2.18. The molecule has 1 aromatic carbocycles. The van der Waals surface area contributed by atoms with Gasteiger partial charge in [0, 0.05) is 18.9 Å². The van der Waals surface area contributed by atoms with E-state index in [1.165, 1.54) is 6.07 Å². The molecular weight excluding hydrogens is 278 g/mol.